The molecule has 0 heterocycles. The van der Waals surface area contributed by atoms with Crippen LogP contribution < -0.4 is 10.2 Å². The molecule has 0 bridgehead atoms. The van der Waals surface area contributed by atoms with Crippen LogP contribution >= 0.6 is 0 Å². The van der Waals surface area contributed by atoms with Crippen LogP contribution in [0.2, 0.25) is 0 Å². The van der Waals surface area contributed by atoms with Crippen molar-refractivity contribution in [1.29, 1.82) is 0 Å². The van der Waals surface area contributed by atoms with Gasteiger partial charge in [-0.1, -0.05) is 101 Å². The Bertz CT molecular complexity index is 1110. The Kier molecular flexibility index (Phi) is 7.93. The second kappa shape index (κ2) is 10.7. The van der Waals surface area contributed by atoms with E-state index in [2.05, 4.69) is 81.5 Å². The Morgan fingerprint density at radius 2 is 1.41 bits per heavy atom. The zero-order valence-corrected chi connectivity index (χ0v) is 21.2. The molecule has 0 spiro atoms. The summed E-state index contributed by atoms with van der Waals surface area (Å²) in [5, 5.41) is 4.23. The van der Waals surface area contributed by atoms with Crippen molar-refractivity contribution >= 4 is 11.6 Å². The van der Waals surface area contributed by atoms with Crippen molar-refractivity contribution in [2.45, 2.75) is 53.4 Å². The van der Waals surface area contributed by atoms with Gasteiger partial charge >= 0.3 is 0 Å². The highest BCUT2D eigenvalue weighted by atomic mass is 16.5. The van der Waals surface area contributed by atoms with Crippen molar-refractivity contribution in [2.75, 3.05) is 6.61 Å². The molecule has 3 aromatic carbocycles. The first-order valence-electron chi connectivity index (χ1n) is 11.8. The lowest BCUT2D eigenvalue weighted by molar-refractivity contribution is -0.123. The maximum Gasteiger partial charge on any atom is 0.277 e. The molecule has 1 amide bonds. The maximum absolute atomic E-state index is 12.2. The Hall–Kier alpha value is -3.40. The summed E-state index contributed by atoms with van der Waals surface area (Å²) >= 11 is 0. The van der Waals surface area contributed by atoms with Gasteiger partial charge in [0.25, 0.3) is 5.91 Å². The van der Waals surface area contributed by atoms with Gasteiger partial charge in [-0.2, -0.15) is 5.10 Å². The third kappa shape index (κ3) is 7.31. The molecule has 34 heavy (non-hydrogen) atoms. The molecule has 3 rings (SSSR count). The number of ether oxygens (including phenoxy) is 1. The standard InChI is InChI=1S/C30H36N2O2/c1-22(23-12-14-25(15-13-23)24-10-8-7-9-11-24)31-32-28(33)20-34-27-18-16-26(17-19-27)30(5,6)21-29(2,3)4/h7-19H,20-21H2,1-6H3,(H,32,33)/b31-22+. The average molecular weight is 457 g/mol. The Balaban J connectivity index is 1.52. The second-order valence-corrected chi connectivity index (χ2v) is 10.6. The van der Waals surface area contributed by atoms with Crippen molar-refractivity contribution in [3.8, 4) is 16.9 Å². The molecular formula is C30H36N2O2. The highest BCUT2D eigenvalue weighted by molar-refractivity contribution is 5.99. The first-order valence-corrected chi connectivity index (χ1v) is 11.8. The number of hydrogen-bond acceptors (Lipinski definition) is 3. The average Bonchev–Trinajstić information content (AvgIpc) is 2.80. The van der Waals surface area contributed by atoms with E-state index < -0.39 is 0 Å². The van der Waals surface area contributed by atoms with E-state index in [1.165, 1.54) is 11.1 Å². The van der Waals surface area contributed by atoms with Gasteiger partial charge in [0, 0.05) is 0 Å². The first-order chi connectivity index (χ1) is 16.0. The number of hydrazone groups is 1. The molecule has 0 aliphatic rings. The summed E-state index contributed by atoms with van der Waals surface area (Å²) in [6, 6.07) is 26.4. The van der Waals surface area contributed by atoms with Gasteiger partial charge < -0.3 is 4.74 Å². The highest BCUT2D eigenvalue weighted by Gasteiger charge is 2.27. The zero-order valence-electron chi connectivity index (χ0n) is 21.2. The molecule has 0 saturated heterocycles. The molecule has 0 radical (unpaired) electrons. The van der Waals surface area contributed by atoms with Gasteiger partial charge in [0.2, 0.25) is 0 Å². The van der Waals surface area contributed by atoms with Crippen LogP contribution in [0.25, 0.3) is 11.1 Å². The van der Waals surface area contributed by atoms with Crippen molar-refractivity contribution in [2.24, 2.45) is 10.5 Å². The van der Waals surface area contributed by atoms with Gasteiger partial charge in [-0.05, 0) is 58.6 Å². The van der Waals surface area contributed by atoms with Crippen molar-refractivity contribution < 1.29 is 9.53 Å². The molecule has 178 valence electrons. The fourth-order valence-corrected chi connectivity index (χ4v) is 4.36. The zero-order chi connectivity index (χ0) is 24.8. The summed E-state index contributed by atoms with van der Waals surface area (Å²) < 4.78 is 5.66. The summed E-state index contributed by atoms with van der Waals surface area (Å²) in [5.41, 5.74) is 8.16. The number of rotatable bonds is 8. The Labute approximate surface area is 204 Å². The van der Waals surface area contributed by atoms with Gasteiger partial charge in [0.05, 0.1) is 5.71 Å². The van der Waals surface area contributed by atoms with E-state index >= 15 is 0 Å². The number of carbonyl (C=O) groups is 1. The lowest BCUT2D eigenvalue weighted by atomic mass is 9.72. The number of amides is 1. The quantitative estimate of drug-likeness (QED) is 0.293. The Morgan fingerprint density at radius 1 is 0.824 bits per heavy atom. The van der Waals surface area contributed by atoms with Crippen LogP contribution in [0, 0.1) is 5.41 Å². The van der Waals surface area contributed by atoms with Crippen LogP contribution in [0.5, 0.6) is 5.75 Å². The maximum atomic E-state index is 12.2. The van der Waals surface area contributed by atoms with E-state index in [0.29, 0.717) is 5.75 Å². The van der Waals surface area contributed by atoms with Crippen LogP contribution in [0.15, 0.2) is 84.0 Å². The summed E-state index contributed by atoms with van der Waals surface area (Å²) in [4.78, 5) is 12.2. The minimum absolute atomic E-state index is 0.0691. The number of nitrogens with zero attached hydrogens (tertiary/aromatic N) is 1. The van der Waals surface area contributed by atoms with Crippen molar-refractivity contribution in [1.82, 2.24) is 5.43 Å². The number of benzene rings is 3. The second-order valence-electron chi connectivity index (χ2n) is 10.6. The van der Waals surface area contributed by atoms with Crippen LogP contribution in [0.4, 0.5) is 0 Å². The minimum Gasteiger partial charge on any atom is -0.484 e. The lowest BCUT2D eigenvalue weighted by Crippen LogP contribution is -2.26. The molecule has 4 nitrogen and oxygen atoms in total. The highest BCUT2D eigenvalue weighted by Crippen LogP contribution is 2.36. The molecule has 1 N–H and O–H groups in total. The van der Waals surface area contributed by atoms with Gasteiger partial charge in [-0.15, -0.1) is 0 Å². The van der Waals surface area contributed by atoms with E-state index in [-0.39, 0.29) is 23.3 Å². The minimum atomic E-state index is -0.294. The first kappa shape index (κ1) is 25.2. The van der Waals surface area contributed by atoms with E-state index in [1.807, 2.05) is 49.4 Å². The van der Waals surface area contributed by atoms with E-state index in [0.717, 1.165) is 23.3 Å². The molecule has 0 aliphatic heterocycles. The normalized spacial score (nSPS) is 12.4. The van der Waals surface area contributed by atoms with E-state index in [9.17, 15) is 4.79 Å². The van der Waals surface area contributed by atoms with E-state index in [4.69, 9.17) is 4.74 Å². The predicted molar refractivity (Wildman–Crippen MR) is 141 cm³/mol. The fourth-order valence-electron chi connectivity index (χ4n) is 4.36. The van der Waals surface area contributed by atoms with Crippen LogP contribution in [-0.4, -0.2) is 18.2 Å². The molecule has 0 aliphatic carbocycles. The summed E-state index contributed by atoms with van der Waals surface area (Å²) in [6.45, 7) is 13.1. The van der Waals surface area contributed by atoms with Gasteiger partial charge in [-0.3, -0.25) is 4.79 Å². The predicted octanol–water partition coefficient (Wildman–Crippen LogP) is 6.99. The molecule has 4 heteroatoms. The van der Waals surface area contributed by atoms with Crippen LogP contribution in [0.1, 0.15) is 59.1 Å². The van der Waals surface area contributed by atoms with Gasteiger partial charge in [0.15, 0.2) is 6.61 Å². The topological polar surface area (TPSA) is 50.7 Å². The molecule has 0 saturated carbocycles. The molecule has 3 aromatic rings. The molecule has 0 aromatic heterocycles. The molecule has 0 unspecified atom stereocenters. The SMILES string of the molecule is C/C(=N\NC(=O)COc1ccc(C(C)(C)CC(C)(C)C)cc1)c1ccc(-c2ccccc2)cc1. The smallest absolute Gasteiger partial charge is 0.277 e. The third-order valence-electron chi connectivity index (χ3n) is 5.74. The lowest BCUT2D eigenvalue weighted by Gasteiger charge is -2.33. The Morgan fingerprint density at radius 3 is 2.00 bits per heavy atom. The van der Waals surface area contributed by atoms with Gasteiger partial charge in [0.1, 0.15) is 5.75 Å². The van der Waals surface area contributed by atoms with Crippen molar-refractivity contribution in [3.05, 3.63) is 90.0 Å². The monoisotopic (exact) mass is 456 g/mol. The van der Waals surface area contributed by atoms with Crippen LogP contribution in [0.3, 0.4) is 0 Å². The van der Waals surface area contributed by atoms with Crippen molar-refractivity contribution in [3.63, 3.8) is 0 Å². The number of nitrogens with one attached hydrogen (secondary N) is 1. The fraction of sp³-hybridized carbons (Fsp3) is 0.333. The summed E-state index contributed by atoms with van der Waals surface area (Å²) in [5.74, 6) is 0.375. The van der Waals surface area contributed by atoms with Crippen LogP contribution in [-0.2, 0) is 10.2 Å². The largest absolute Gasteiger partial charge is 0.484 e. The number of carbonyl (C=O) groups excluding carboxylic acids is 1. The molecule has 0 atom stereocenters. The summed E-state index contributed by atoms with van der Waals surface area (Å²) in [6.07, 6.45) is 1.08. The summed E-state index contributed by atoms with van der Waals surface area (Å²) in [7, 11) is 0. The molecule has 0 fully saturated rings. The van der Waals surface area contributed by atoms with Gasteiger partial charge in [-0.25, -0.2) is 5.43 Å². The molecular weight excluding hydrogens is 420 g/mol. The van der Waals surface area contributed by atoms with E-state index in [1.54, 1.807) is 0 Å². The number of hydrogen-bond donors (Lipinski definition) is 1. The third-order valence-corrected chi connectivity index (χ3v) is 5.74.